The highest BCUT2D eigenvalue weighted by Crippen LogP contribution is 2.25. The van der Waals surface area contributed by atoms with Crippen molar-refractivity contribution in [2.24, 2.45) is 5.92 Å². The van der Waals surface area contributed by atoms with Crippen LogP contribution in [0.3, 0.4) is 0 Å². The molecular formula is C34H42O4. The molecule has 0 radical (unpaired) electrons. The first-order valence-corrected chi connectivity index (χ1v) is 14.0. The number of allylic oxidation sites excluding steroid dienone is 1. The summed E-state index contributed by atoms with van der Waals surface area (Å²) in [6.07, 6.45) is 11.6. The van der Waals surface area contributed by atoms with Crippen LogP contribution in [0.5, 0.6) is 17.2 Å². The predicted octanol–water partition coefficient (Wildman–Crippen LogP) is 9.29. The van der Waals surface area contributed by atoms with E-state index in [1.54, 1.807) is 12.1 Å². The minimum Gasteiger partial charge on any atom is -0.494 e. The maximum absolute atomic E-state index is 12.5. The Labute approximate surface area is 228 Å². The highest BCUT2D eigenvalue weighted by Gasteiger charge is 2.10. The summed E-state index contributed by atoms with van der Waals surface area (Å²) in [7, 11) is 0. The second-order valence-electron chi connectivity index (χ2n) is 9.83. The van der Waals surface area contributed by atoms with Crippen molar-refractivity contribution in [3.05, 3.63) is 91.0 Å². The first-order valence-electron chi connectivity index (χ1n) is 14.0. The molecule has 0 aliphatic carbocycles. The number of esters is 1. The normalized spacial score (nSPS) is 11.5. The summed E-state index contributed by atoms with van der Waals surface area (Å²) in [4.78, 5) is 12.5. The van der Waals surface area contributed by atoms with Gasteiger partial charge >= 0.3 is 5.97 Å². The van der Waals surface area contributed by atoms with Gasteiger partial charge in [-0.15, -0.1) is 6.58 Å². The van der Waals surface area contributed by atoms with Crippen molar-refractivity contribution in [1.82, 2.24) is 0 Å². The van der Waals surface area contributed by atoms with Gasteiger partial charge in [0.2, 0.25) is 0 Å². The minimum absolute atomic E-state index is 0.388. The number of carbonyl (C=O) groups excluding carboxylic acids is 1. The molecule has 0 saturated heterocycles. The van der Waals surface area contributed by atoms with Crippen LogP contribution in [0.15, 0.2) is 85.5 Å². The smallest absolute Gasteiger partial charge is 0.343 e. The summed E-state index contributed by atoms with van der Waals surface area (Å²) < 4.78 is 17.2. The van der Waals surface area contributed by atoms with Gasteiger partial charge in [0.05, 0.1) is 18.8 Å². The van der Waals surface area contributed by atoms with Crippen LogP contribution in [-0.4, -0.2) is 19.2 Å². The number of carbonyl (C=O) groups is 1. The van der Waals surface area contributed by atoms with E-state index in [1.165, 1.54) is 32.1 Å². The van der Waals surface area contributed by atoms with Gasteiger partial charge in [-0.2, -0.15) is 0 Å². The first-order chi connectivity index (χ1) is 18.6. The van der Waals surface area contributed by atoms with Gasteiger partial charge in [-0.25, -0.2) is 4.79 Å². The van der Waals surface area contributed by atoms with Gasteiger partial charge in [-0.1, -0.05) is 76.3 Å². The second-order valence-corrected chi connectivity index (χ2v) is 9.83. The van der Waals surface area contributed by atoms with Gasteiger partial charge in [0.15, 0.2) is 0 Å². The highest BCUT2D eigenvalue weighted by molar-refractivity contribution is 5.91. The monoisotopic (exact) mass is 514 g/mol. The van der Waals surface area contributed by atoms with Crippen molar-refractivity contribution in [2.75, 3.05) is 13.2 Å². The van der Waals surface area contributed by atoms with Crippen LogP contribution in [0.2, 0.25) is 0 Å². The molecule has 3 rings (SSSR count). The van der Waals surface area contributed by atoms with Gasteiger partial charge in [-0.05, 0) is 84.8 Å². The molecule has 0 spiro atoms. The lowest BCUT2D eigenvalue weighted by atomic mass is 10.1. The third-order valence-electron chi connectivity index (χ3n) is 6.65. The molecule has 3 aromatic rings. The van der Waals surface area contributed by atoms with E-state index >= 15 is 0 Å². The molecule has 4 heteroatoms. The van der Waals surface area contributed by atoms with E-state index in [4.69, 9.17) is 14.2 Å². The zero-order valence-corrected chi connectivity index (χ0v) is 23.0. The molecule has 0 N–H and O–H groups in total. The molecule has 0 bridgehead atoms. The lowest BCUT2D eigenvalue weighted by Crippen LogP contribution is -2.09. The molecule has 1 unspecified atom stereocenters. The molecule has 0 saturated carbocycles. The SMILES string of the molecule is C=CCCCCCCCCOc1ccc(-c2ccc(OC(=O)c3ccc(OCC(C)CC)cc3)cc2)cc1. The van der Waals surface area contributed by atoms with Crippen LogP contribution in [0.1, 0.15) is 75.6 Å². The molecule has 1 atom stereocenters. The molecule has 0 aliphatic heterocycles. The Balaban J connectivity index is 1.41. The number of ether oxygens (including phenoxy) is 3. The van der Waals surface area contributed by atoms with Crippen molar-refractivity contribution in [3.8, 4) is 28.4 Å². The zero-order valence-electron chi connectivity index (χ0n) is 23.0. The Kier molecular flexibility index (Phi) is 12.5. The number of benzene rings is 3. The lowest BCUT2D eigenvalue weighted by Gasteiger charge is -2.11. The maximum atomic E-state index is 12.5. The van der Waals surface area contributed by atoms with Crippen molar-refractivity contribution >= 4 is 5.97 Å². The number of hydrogen-bond donors (Lipinski definition) is 0. The largest absolute Gasteiger partial charge is 0.494 e. The summed E-state index contributed by atoms with van der Waals surface area (Å²) in [5, 5.41) is 0. The van der Waals surface area contributed by atoms with E-state index in [0.29, 0.717) is 23.8 Å². The Morgan fingerprint density at radius 2 is 1.26 bits per heavy atom. The maximum Gasteiger partial charge on any atom is 0.343 e. The molecule has 202 valence electrons. The van der Waals surface area contributed by atoms with Crippen molar-refractivity contribution < 1.29 is 19.0 Å². The molecular weight excluding hydrogens is 472 g/mol. The average Bonchev–Trinajstić information content (AvgIpc) is 2.96. The highest BCUT2D eigenvalue weighted by atomic mass is 16.5. The van der Waals surface area contributed by atoms with Gasteiger partial charge in [0.1, 0.15) is 17.2 Å². The van der Waals surface area contributed by atoms with E-state index in [0.717, 1.165) is 48.5 Å². The molecule has 0 aliphatic rings. The van der Waals surface area contributed by atoms with Crippen LogP contribution in [0.25, 0.3) is 11.1 Å². The summed E-state index contributed by atoms with van der Waals surface area (Å²) in [6.45, 7) is 9.48. The van der Waals surface area contributed by atoms with E-state index in [2.05, 4.69) is 32.6 Å². The van der Waals surface area contributed by atoms with E-state index in [9.17, 15) is 4.79 Å². The Bertz CT molecular complexity index is 1080. The molecule has 3 aromatic carbocycles. The quantitative estimate of drug-likeness (QED) is 0.0779. The number of rotatable bonds is 17. The lowest BCUT2D eigenvalue weighted by molar-refractivity contribution is 0.0734. The first kappa shape index (κ1) is 29.0. The predicted molar refractivity (Wildman–Crippen MR) is 156 cm³/mol. The number of unbranched alkanes of at least 4 members (excludes halogenated alkanes) is 6. The fourth-order valence-electron chi connectivity index (χ4n) is 3.96. The van der Waals surface area contributed by atoms with Crippen molar-refractivity contribution in [1.29, 1.82) is 0 Å². The molecule has 0 aromatic heterocycles. The Morgan fingerprint density at radius 1 is 0.737 bits per heavy atom. The summed E-state index contributed by atoms with van der Waals surface area (Å²) in [6, 6.07) is 22.8. The molecule has 38 heavy (non-hydrogen) atoms. The minimum atomic E-state index is -0.388. The van der Waals surface area contributed by atoms with Crippen LogP contribution in [-0.2, 0) is 0 Å². The van der Waals surface area contributed by atoms with Crippen molar-refractivity contribution in [3.63, 3.8) is 0 Å². The van der Waals surface area contributed by atoms with Crippen LogP contribution in [0.4, 0.5) is 0 Å². The second kappa shape index (κ2) is 16.3. The van der Waals surface area contributed by atoms with E-state index < -0.39 is 0 Å². The number of hydrogen-bond acceptors (Lipinski definition) is 4. The third-order valence-corrected chi connectivity index (χ3v) is 6.65. The van der Waals surface area contributed by atoms with Crippen molar-refractivity contribution in [2.45, 2.75) is 65.2 Å². The van der Waals surface area contributed by atoms with Gasteiger partial charge in [0, 0.05) is 0 Å². The molecule has 0 fully saturated rings. The van der Waals surface area contributed by atoms with E-state index in [1.807, 2.05) is 54.6 Å². The Morgan fingerprint density at radius 3 is 1.87 bits per heavy atom. The summed E-state index contributed by atoms with van der Waals surface area (Å²) in [5.74, 6) is 2.27. The van der Waals surface area contributed by atoms with Crippen LogP contribution >= 0.6 is 0 Å². The Hall–Kier alpha value is -3.53. The molecule has 0 heterocycles. The fourth-order valence-corrected chi connectivity index (χ4v) is 3.96. The average molecular weight is 515 g/mol. The van der Waals surface area contributed by atoms with Crippen LogP contribution in [0, 0.1) is 5.92 Å². The molecule has 4 nitrogen and oxygen atoms in total. The summed E-state index contributed by atoms with van der Waals surface area (Å²) >= 11 is 0. The zero-order chi connectivity index (χ0) is 27.0. The van der Waals surface area contributed by atoms with Gasteiger partial charge in [-0.3, -0.25) is 0 Å². The van der Waals surface area contributed by atoms with Crippen LogP contribution < -0.4 is 14.2 Å². The standard InChI is InChI=1S/C34H42O4/c1-4-6-7-8-9-10-11-12-25-36-31-19-13-28(14-20-31)29-15-23-33(24-16-29)38-34(35)30-17-21-32(22-18-30)37-26-27(3)5-2/h4,13-24,27H,1,5-12,25-26H2,2-3H3. The van der Waals surface area contributed by atoms with E-state index in [-0.39, 0.29) is 5.97 Å². The summed E-state index contributed by atoms with van der Waals surface area (Å²) in [5.41, 5.74) is 2.63. The van der Waals surface area contributed by atoms with Gasteiger partial charge < -0.3 is 14.2 Å². The van der Waals surface area contributed by atoms with Gasteiger partial charge in [0.25, 0.3) is 0 Å². The third kappa shape index (κ3) is 10.1. The fraction of sp³-hybridized carbons (Fsp3) is 0.382. The molecule has 0 amide bonds. The topological polar surface area (TPSA) is 44.8 Å².